The minimum absolute atomic E-state index is 0.616. The van der Waals surface area contributed by atoms with Crippen LogP contribution in [-0.2, 0) is 0 Å². The van der Waals surface area contributed by atoms with Crippen molar-refractivity contribution in [1.29, 1.82) is 0 Å². The Labute approximate surface area is 66.1 Å². The van der Waals surface area contributed by atoms with Crippen molar-refractivity contribution in [3.8, 4) is 0 Å². The van der Waals surface area contributed by atoms with Crippen LogP contribution >= 0.6 is 0 Å². The predicted molar refractivity (Wildman–Crippen MR) is 46.6 cm³/mol. The number of allylic oxidation sites excluding steroid dienone is 1. The van der Waals surface area contributed by atoms with Gasteiger partial charge in [-0.05, 0) is 12.5 Å². The van der Waals surface area contributed by atoms with Crippen LogP contribution in [0.2, 0.25) is 0 Å². The van der Waals surface area contributed by atoms with Crippen LogP contribution in [0.5, 0.6) is 0 Å². The zero-order chi connectivity index (χ0) is 8.10. The van der Waals surface area contributed by atoms with E-state index in [0.717, 1.165) is 5.56 Å². The summed E-state index contributed by atoms with van der Waals surface area (Å²) >= 11 is 0. The third kappa shape index (κ3) is 1.82. The first-order valence-electron chi connectivity index (χ1n) is 3.48. The molecular weight excluding hydrogens is 138 g/mol. The van der Waals surface area contributed by atoms with Gasteiger partial charge in [-0.3, -0.25) is 0 Å². The van der Waals surface area contributed by atoms with Crippen molar-refractivity contribution in [2.45, 2.75) is 6.92 Å². The molecule has 0 saturated carbocycles. The van der Waals surface area contributed by atoms with Crippen molar-refractivity contribution in [1.82, 2.24) is 5.48 Å². The van der Waals surface area contributed by atoms with Crippen molar-refractivity contribution in [3.63, 3.8) is 0 Å². The van der Waals surface area contributed by atoms with E-state index in [1.807, 2.05) is 42.7 Å². The fourth-order valence-corrected chi connectivity index (χ4v) is 0.902. The monoisotopic (exact) mass is 148 g/mol. The molecular formula is C9H10NO-. The summed E-state index contributed by atoms with van der Waals surface area (Å²) in [7, 11) is 0. The summed E-state index contributed by atoms with van der Waals surface area (Å²) in [4.78, 5) is 0. The zero-order valence-electron chi connectivity index (χ0n) is 6.37. The molecule has 1 N–H and O–H groups in total. The minimum atomic E-state index is 0.616. The first-order chi connectivity index (χ1) is 5.38. The molecule has 0 unspecified atom stereocenters. The lowest BCUT2D eigenvalue weighted by Gasteiger charge is -2.13. The molecule has 1 aromatic rings. The standard InChI is InChI=1S/C9H10NO/c1-2-9(10-11)8-6-4-3-5-7-8/h2-7,10H,1H3/q-1. The molecule has 0 amide bonds. The second-order valence-electron chi connectivity index (χ2n) is 2.17. The van der Waals surface area contributed by atoms with Gasteiger partial charge in [0.05, 0.1) is 0 Å². The summed E-state index contributed by atoms with van der Waals surface area (Å²) in [6.07, 6.45) is 1.75. The third-order valence-electron chi connectivity index (χ3n) is 1.48. The van der Waals surface area contributed by atoms with Crippen molar-refractivity contribution >= 4 is 5.70 Å². The average Bonchev–Trinajstić information content (AvgIpc) is 2.09. The molecule has 0 aliphatic rings. The van der Waals surface area contributed by atoms with E-state index in [1.165, 1.54) is 0 Å². The number of hydrogen-bond acceptors (Lipinski definition) is 2. The van der Waals surface area contributed by atoms with Gasteiger partial charge < -0.3 is 10.7 Å². The van der Waals surface area contributed by atoms with Crippen LogP contribution in [0.3, 0.4) is 0 Å². The van der Waals surface area contributed by atoms with Gasteiger partial charge >= 0.3 is 0 Å². The second kappa shape index (κ2) is 3.78. The second-order valence-corrected chi connectivity index (χ2v) is 2.17. The summed E-state index contributed by atoms with van der Waals surface area (Å²) in [5, 5.41) is 10.3. The van der Waals surface area contributed by atoms with Crippen LogP contribution in [0.25, 0.3) is 5.70 Å². The Morgan fingerprint density at radius 2 is 2.00 bits per heavy atom. The molecule has 0 spiro atoms. The van der Waals surface area contributed by atoms with E-state index < -0.39 is 0 Å². The first kappa shape index (κ1) is 7.82. The number of hydroxylamine groups is 1. The molecule has 0 atom stereocenters. The lowest BCUT2D eigenvalue weighted by Crippen LogP contribution is -2.00. The van der Waals surface area contributed by atoms with Gasteiger partial charge in [0.2, 0.25) is 0 Å². The predicted octanol–water partition coefficient (Wildman–Crippen LogP) is 2.13. The van der Waals surface area contributed by atoms with E-state index in [4.69, 9.17) is 0 Å². The lowest BCUT2D eigenvalue weighted by atomic mass is 10.1. The SMILES string of the molecule is CC=C(N[O-])c1ccccc1. The topological polar surface area (TPSA) is 35.1 Å². The fraction of sp³-hybridized carbons (Fsp3) is 0.111. The quantitative estimate of drug-likeness (QED) is 0.652. The normalized spacial score (nSPS) is 11.3. The summed E-state index contributed by atoms with van der Waals surface area (Å²) < 4.78 is 0. The van der Waals surface area contributed by atoms with Crippen LogP contribution in [0.1, 0.15) is 12.5 Å². The van der Waals surface area contributed by atoms with Gasteiger partial charge in [-0.25, -0.2) is 0 Å². The molecule has 0 aliphatic heterocycles. The molecule has 0 aliphatic carbocycles. The average molecular weight is 148 g/mol. The fourth-order valence-electron chi connectivity index (χ4n) is 0.902. The van der Waals surface area contributed by atoms with Gasteiger partial charge in [0.15, 0.2) is 0 Å². The highest BCUT2D eigenvalue weighted by Gasteiger charge is 1.91. The van der Waals surface area contributed by atoms with Crippen molar-refractivity contribution in [2.75, 3.05) is 0 Å². The van der Waals surface area contributed by atoms with E-state index >= 15 is 0 Å². The molecule has 1 aromatic carbocycles. The number of nitrogens with one attached hydrogen (secondary N) is 1. The minimum Gasteiger partial charge on any atom is -0.761 e. The first-order valence-corrected chi connectivity index (χ1v) is 3.48. The zero-order valence-corrected chi connectivity index (χ0v) is 6.37. The molecule has 0 saturated heterocycles. The highest BCUT2D eigenvalue weighted by molar-refractivity contribution is 5.63. The third-order valence-corrected chi connectivity index (χ3v) is 1.48. The molecule has 0 fully saturated rings. The van der Waals surface area contributed by atoms with Gasteiger partial charge in [0, 0.05) is 5.70 Å². The Morgan fingerprint density at radius 3 is 2.45 bits per heavy atom. The van der Waals surface area contributed by atoms with Crippen LogP contribution in [0, 0.1) is 5.21 Å². The van der Waals surface area contributed by atoms with Crippen molar-refractivity contribution in [3.05, 3.63) is 47.2 Å². The Hall–Kier alpha value is -1.28. The Morgan fingerprint density at radius 1 is 1.36 bits per heavy atom. The van der Waals surface area contributed by atoms with Crippen molar-refractivity contribution in [2.24, 2.45) is 0 Å². The molecule has 0 radical (unpaired) electrons. The molecule has 11 heavy (non-hydrogen) atoms. The molecule has 0 bridgehead atoms. The number of hydrogen-bond donors (Lipinski definition) is 1. The lowest BCUT2D eigenvalue weighted by molar-refractivity contribution is 1.23. The molecule has 0 heterocycles. The van der Waals surface area contributed by atoms with Crippen LogP contribution < -0.4 is 5.48 Å². The maximum absolute atomic E-state index is 10.3. The maximum atomic E-state index is 10.3. The molecule has 2 heteroatoms. The summed E-state index contributed by atoms with van der Waals surface area (Å²) in [5.74, 6) is 0. The summed E-state index contributed by atoms with van der Waals surface area (Å²) in [5.41, 5.74) is 3.42. The maximum Gasteiger partial charge on any atom is 0.0263 e. The highest BCUT2D eigenvalue weighted by atomic mass is 16.5. The Kier molecular flexibility index (Phi) is 2.69. The van der Waals surface area contributed by atoms with E-state index in [-0.39, 0.29) is 0 Å². The van der Waals surface area contributed by atoms with Crippen LogP contribution in [0.15, 0.2) is 36.4 Å². The van der Waals surface area contributed by atoms with Crippen LogP contribution in [-0.4, -0.2) is 0 Å². The summed E-state index contributed by atoms with van der Waals surface area (Å²) in [6, 6.07) is 9.49. The molecule has 58 valence electrons. The number of benzene rings is 1. The van der Waals surface area contributed by atoms with E-state index in [9.17, 15) is 5.21 Å². The van der Waals surface area contributed by atoms with Crippen molar-refractivity contribution < 1.29 is 0 Å². The molecule has 1 rings (SSSR count). The van der Waals surface area contributed by atoms with E-state index in [0.29, 0.717) is 5.70 Å². The highest BCUT2D eigenvalue weighted by Crippen LogP contribution is 2.08. The summed E-state index contributed by atoms with van der Waals surface area (Å²) in [6.45, 7) is 1.83. The Balaban J connectivity index is 2.92. The van der Waals surface area contributed by atoms with Gasteiger partial charge in [-0.1, -0.05) is 36.4 Å². The molecule has 0 aromatic heterocycles. The smallest absolute Gasteiger partial charge is 0.0263 e. The van der Waals surface area contributed by atoms with E-state index in [2.05, 4.69) is 0 Å². The molecule has 2 nitrogen and oxygen atoms in total. The van der Waals surface area contributed by atoms with Gasteiger partial charge in [-0.2, -0.15) is 0 Å². The Bertz CT molecular complexity index is 241. The number of rotatable bonds is 2. The van der Waals surface area contributed by atoms with E-state index in [1.54, 1.807) is 6.08 Å². The van der Waals surface area contributed by atoms with Gasteiger partial charge in [0.25, 0.3) is 0 Å². The van der Waals surface area contributed by atoms with Gasteiger partial charge in [-0.15, -0.1) is 0 Å². The van der Waals surface area contributed by atoms with Crippen LogP contribution in [0.4, 0.5) is 0 Å². The largest absolute Gasteiger partial charge is 0.761 e. The van der Waals surface area contributed by atoms with Gasteiger partial charge in [0.1, 0.15) is 0 Å².